The maximum Gasteiger partial charge on any atom is 0.226 e. The van der Waals surface area contributed by atoms with Gasteiger partial charge in [-0.05, 0) is 49.8 Å². The summed E-state index contributed by atoms with van der Waals surface area (Å²) in [6.45, 7) is 3.95. The summed E-state index contributed by atoms with van der Waals surface area (Å²) in [5, 5.41) is 11.7. The summed E-state index contributed by atoms with van der Waals surface area (Å²) in [5.74, 6) is 1.24. The summed E-state index contributed by atoms with van der Waals surface area (Å²) < 4.78 is 5.47. The molecular weight excluding hydrogens is 442 g/mol. The van der Waals surface area contributed by atoms with Gasteiger partial charge in [-0.1, -0.05) is 26.2 Å². The van der Waals surface area contributed by atoms with E-state index in [0.29, 0.717) is 26.1 Å². The Morgan fingerprint density at radius 2 is 1.91 bits per heavy atom. The van der Waals surface area contributed by atoms with Crippen LogP contribution in [0.25, 0.3) is 10.9 Å². The number of aromatic nitrogens is 1. The Kier molecular flexibility index (Phi) is 6.80. The summed E-state index contributed by atoms with van der Waals surface area (Å²) in [6.07, 6.45) is 8.37. The van der Waals surface area contributed by atoms with Crippen molar-refractivity contribution in [1.29, 1.82) is 0 Å². The third-order valence-corrected chi connectivity index (χ3v) is 8.70. The van der Waals surface area contributed by atoms with Gasteiger partial charge in [-0.25, -0.2) is 0 Å². The average molecular weight is 482 g/mol. The molecule has 0 radical (unpaired) electrons. The summed E-state index contributed by atoms with van der Waals surface area (Å²) in [5.41, 5.74) is 2.92. The smallest absolute Gasteiger partial charge is 0.226 e. The number of hydrogen-bond donors (Lipinski definition) is 2. The third kappa shape index (κ3) is 4.22. The lowest BCUT2D eigenvalue weighted by Crippen LogP contribution is -2.56. The van der Waals surface area contributed by atoms with Gasteiger partial charge in [-0.15, -0.1) is 0 Å². The highest BCUT2D eigenvalue weighted by Crippen LogP contribution is 2.49. The molecule has 1 aromatic carbocycles. The zero-order valence-corrected chi connectivity index (χ0v) is 21.1. The second-order valence-electron chi connectivity index (χ2n) is 10.7. The number of piperidine rings is 1. The van der Waals surface area contributed by atoms with Crippen LogP contribution in [0.1, 0.15) is 82.0 Å². The highest BCUT2D eigenvalue weighted by atomic mass is 16.5. The van der Waals surface area contributed by atoms with Gasteiger partial charge in [0.25, 0.3) is 0 Å². The van der Waals surface area contributed by atoms with E-state index in [1.807, 2.05) is 28.9 Å². The number of benzene rings is 1. The Bertz CT molecular complexity index is 1080. The maximum absolute atomic E-state index is 13.8. The Morgan fingerprint density at radius 3 is 2.57 bits per heavy atom. The van der Waals surface area contributed by atoms with Gasteiger partial charge in [0.1, 0.15) is 5.75 Å². The summed E-state index contributed by atoms with van der Waals surface area (Å²) in [6, 6.07) is 5.72. The van der Waals surface area contributed by atoms with Crippen LogP contribution in [-0.4, -0.2) is 65.1 Å². The van der Waals surface area contributed by atoms with Crippen molar-refractivity contribution in [2.75, 3.05) is 33.4 Å². The molecule has 2 amide bonds. The lowest BCUT2D eigenvalue weighted by molar-refractivity contribution is -0.144. The molecule has 1 saturated heterocycles. The fourth-order valence-corrected chi connectivity index (χ4v) is 6.79. The fourth-order valence-electron chi connectivity index (χ4n) is 6.79. The van der Waals surface area contributed by atoms with E-state index in [1.54, 1.807) is 7.11 Å². The van der Waals surface area contributed by atoms with Crippen LogP contribution in [0.3, 0.4) is 0 Å². The van der Waals surface area contributed by atoms with E-state index in [1.165, 1.54) is 12.0 Å². The molecule has 1 aromatic heterocycles. The minimum Gasteiger partial charge on any atom is -0.497 e. The van der Waals surface area contributed by atoms with Crippen LogP contribution in [0.5, 0.6) is 5.75 Å². The van der Waals surface area contributed by atoms with Gasteiger partial charge in [0.2, 0.25) is 11.8 Å². The molecule has 190 valence electrons. The molecule has 1 atom stereocenters. The Hall–Kier alpha value is -2.54. The molecule has 7 nitrogen and oxygen atoms in total. The van der Waals surface area contributed by atoms with Crippen LogP contribution >= 0.6 is 0 Å². The zero-order chi connectivity index (χ0) is 24.6. The van der Waals surface area contributed by atoms with Gasteiger partial charge in [0.15, 0.2) is 0 Å². The molecule has 7 heteroatoms. The largest absolute Gasteiger partial charge is 0.497 e. The standard InChI is InChI=1S/C28H39N3O4/c1-3-7-24(33)30-14-12-28(13-15-30)18-31(27(34)19-8-5-4-6-9-19)23(17-32)26-25(28)21-11-10-20(35-2)16-22(21)29-26/h10-11,16,19,23,29,32H,3-9,12-15,17-18H2,1-2H3/t23-/m1/s1. The molecule has 1 aliphatic carbocycles. The van der Waals surface area contributed by atoms with E-state index in [2.05, 4.69) is 11.1 Å². The van der Waals surface area contributed by atoms with Gasteiger partial charge >= 0.3 is 0 Å². The summed E-state index contributed by atoms with van der Waals surface area (Å²) in [7, 11) is 1.66. The van der Waals surface area contributed by atoms with Crippen LogP contribution < -0.4 is 4.74 Å². The van der Waals surface area contributed by atoms with E-state index < -0.39 is 0 Å². The number of fused-ring (bicyclic) bond motifs is 4. The fraction of sp³-hybridized carbons (Fsp3) is 0.643. The predicted molar refractivity (Wildman–Crippen MR) is 135 cm³/mol. The molecule has 3 heterocycles. The molecule has 0 unspecified atom stereocenters. The second kappa shape index (κ2) is 9.84. The van der Waals surface area contributed by atoms with E-state index >= 15 is 0 Å². The molecule has 3 aliphatic rings. The normalized spacial score (nSPS) is 22.4. The van der Waals surface area contributed by atoms with Gasteiger partial charge < -0.3 is 24.6 Å². The molecular formula is C28H39N3O4. The molecule has 2 fully saturated rings. The summed E-state index contributed by atoms with van der Waals surface area (Å²) in [4.78, 5) is 34.1. The lowest BCUT2D eigenvalue weighted by atomic mass is 9.68. The number of amides is 2. The van der Waals surface area contributed by atoms with E-state index in [-0.39, 0.29) is 35.8 Å². The summed E-state index contributed by atoms with van der Waals surface area (Å²) >= 11 is 0. The molecule has 35 heavy (non-hydrogen) atoms. The SMILES string of the molecule is CCCC(=O)N1CCC2(CC1)CN(C(=O)C1CCCCC1)[C@H](CO)c1[nH]c3cc(OC)ccc3c12. The van der Waals surface area contributed by atoms with Crippen molar-refractivity contribution in [2.24, 2.45) is 5.92 Å². The molecule has 5 rings (SSSR count). The van der Waals surface area contributed by atoms with Gasteiger partial charge in [-0.3, -0.25) is 9.59 Å². The number of aliphatic hydroxyl groups excluding tert-OH is 1. The van der Waals surface area contributed by atoms with Crippen LogP contribution in [-0.2, 0) is 15.0 Å². The first kappa shape index (κ1) is 24.2. The molecule has 2 aromatic rings. The first-order chi connectivity index (χ1) is 17.0. The van der Waals surface area contributed by atoms with Crippen LogP contribution in [0.2, 0.25) is 0 Å². The monoisotopic (exact) mass is 481 g/mol. The van der Waals surface area contributed by atoms with Crippen molar-refractivity contribution in [3.63, 3.8) is 0 Å². The minimum atomic E-state index is -0.372. The quantitative estimate of drug-likeness (QED) is 0.667. The Morgan fingerprint density at radius 1 is 1.17 bits per heavy atom. The number of likely N-dealkylation sites (tertiary alicyclic amines) is 1. The number of rotatable bonds is 5. The Labute approximate surface area is 207 Å². The third-order valence-electron chi connectivity index (χ3n) is 8.70. The van der Waals surface area contributed by atoms with E-state index in [0.717, 1.165) is 67.3 Å². The van der Waals surface area contributed by atoms with E-state index in [4.69, 9.17) is 4.74 Å². The van der Waals surface area contributed by atoms with Crippen molar-refractivity contribution < 1.29 is 19.4 Å². The topological polar surface area (TPSA) is 85.9 Å². The number of H-pyrrole nitrogens is 1. The highest BCUT2D eigenvalue weighted by molar-refractivity contribution is 5.89. The molecule has 1 saturated carbocycles. The highest BCUT2D eigenvalue weighted by Gasteiger charge is 2.49. The first-order valence-corrected chi connectivity index (χ1v) is 13.4. The van der Waals surface area contributed by atoms with Crippen molar-refractivity contribution in [3.05, 3.63) is 29.5 Å². The minimum absolute atomic E-state index is 0.0482. The number of carbonyl (C=O) groups is 2. The number of nitrogens with one attached hydrogen (secondary N) is 1. The van der Waals surface area contributed by atoms with Crippen molar-refractivity contribution in [3.8, 4) is 5.75 Å². The van der Waals surface area contributed by atoms with Crippen molar-refractivity contribution in [1.82, 2.24) is 14.8 Å². The lowest BCUT2D eigenvalue weighted by Gasteiger charge is -2.51. The maximum atomic E-state index is 13.8. The molecule has 2 N–H and O–H groups in total. The van der Waals surface area contributed by atoms with Gasteiger partial charge in [0, 0.05) is 60.1 Å². The van der Waals surface area contributed by atoms with Crippen LogP contribution in [0.15, 0.2) is 18.2 Å². The van der Waals surface area contributed by atoms with E-state index in [9.17, 15) is 14.7 Å². The van der Waals surface area contributed by atoms with Crippen LogP contribution in [0.4, 0.5) is 0 Å². The number of carbonyl (C=O) groups excluding carboxylic acids is 2. The zero-order valence-electron chi connectivity index (χ0n) is 21.1. The number of aliphatic hydroxyl groups is 1. The van der Waals surface area contributed by atoms with Crippen molar-refractivity contribution in [2.45, 2.75) is 76.2 Å². The number of methoxy groups -OCH3 is 1. The second-order valence-corrected chi connectivity index (χ2v) is 10.7. The van der Waals surface area contributed by atoms with Crippen molar-refractivity contribution >= 4 is 22.7 Å². The number of ether oxygens (including phenoxy) is 1. The molecule has 0 bridgehead atoms. The van der Waals surface area contributed by atoms with Crippen LogP contribution in [0, 0.1) is 5.92 Å². The molecule has 2 aliphatic heterocycles. The number of aromatic amines is 1. The number of nitrogens with zero attached hydrogens (tertiary/aromatic N) is 2. The molecule has 1 spiro atoms. The van der Waals surface area contributed by atoms with Gasteiger partial charge in [-0.2, -0.15) is 0 Å². The first-order valence-electron chi connectivity index (χ1n) is 13.4. The van der Waals surface area contributed by atoms with Gasteiger partial charge in [0.05, 0.1) is 19.8 Å². The number of hydrogen-bond acceptors (Lipinski definition) is 4. The Balaban J connectivity index is 1.56. The predicted octanol–water partition coefficient (Wildman–Crippen LogP) is 4.29. The average Bonchev–Trinajstić information content (AvgIpc) is 3.29.